The van der Waals surface area contributed by atoms with E-state index < -0.39 is 28.5 Å². The molecule has 48 heavy (non-hydrogen) atoms. The van der Waals surface area contributed by atoms with Crippen LogP contribution in [0.4, 0.5) is 13.6 Å². The zero-order valence-corrected chi connectivity index (χ0v) is 26.9. The van der Waals surface area contributed by atoms with Crippen LogP contribution in [0.3, 0.4) is 0 Å². The van der Waals surface area contributed by atoms with E-state index in [4.69, 9.17) is 4.98 Å². The average Bonchev–Trinajstić information content (AvgIpc) is 3.84. The molecule has 3 saturated heterocycles. The van der Waals surface area contributed by atoms with E-state index in [0.29, 0.717) is 58.7 Å². The third kappa shape index (κ3) is 4.58. The monoisotopic (exact) mass is 667 g/mol. The van der Waals surface area contributed by atoms with Crippen molar-refractivity contribution in [1.29, 1.82) is 5.26 Å². The van der Waals surface area contributed by atoms with Crippen molar-refractivity contribution in [2.45, 2.75) is 55.8 Å². The molecule has 1 unspecified atom stereocenters. The van der Waals surface area contributed by atoms with Gasteiger partial charge in [-0.15, -0.1) is 0 Å². The number of carbonyl (C=O) groups excluding carboxylic acids is 1. The molecule has 2 bridgehead atoms. The standard InChI is InChI=1S/C36H31F2N5O4S/c1-48(47)35-27-16-23(18-41-12-4-8-29(41)44)43(33-21-14-28(33)42(17-21)36(45)46)34(27)26-13-20(6-3-11-39)30(31(38)32(26)40-35)24-7-2-5-19-9-10-22(37)15-25(19)24/h2,5,7,9-10,13,15-16,21,28,33H,3-4,6,8,12,14,17-18H2,1H3,(H,45,46)/t21-,28-,33+,48?/m1/s1. The van der Waals surface area contributed by atoms with E-state index >= 15 is 4.39 Å². The largest absolute Gasteiger partial charge is 0.465 e. The minimum absolute atomic E-state index is 0.0123. The average molecular weight is 668 g/mol. The first-order valence-electron chi connectivity index (χ1n) is 16.0. The number of aromatic nitrogens is 2. The third-order valence-electron chi connectivity index (χ3n) is 10.4. The maximum absolute atomic E-state index is 17.3. The Morgan fingerprint density at radius 3 is 2.69 bits per heavy atom. The smallest absolute Gasteiger partial charge is 0.407 e. The number of halogens is 2. The Hall–Kier alpha value is -4.89. The zero-order valence-electron chi connectivity index (χ0n) is 26.1. The summed E-state index contributed by atoms with van der Waals surface area (Å²) in [5.74, 6) is -1.09. The lowest BCUT2D eigenvalue weighted by molar-refractivity contribution is -0.128. The van der Waals surface area contributed by atoms with Gasteiger partial charge in [-0.25, -0.2) is 18.6 Å². The van der Waals surface area contributed by atoms with Crippen LogP contribution < -0.4 is 0 Å². The molecule has 9 rings (SSSR count). The van der Waals surface area contributed by atoms with Crippen molar-refractivity contribution in [2.75, 3.05) is 19.3 Å². The summed E-state index contributed by atoms with van der Waals surface area (Å²) in [5.41, 5.74) is 2.53. The van der Waals surface area contributed by atoms with Gasteiger partial charge in [-0.1, -0.05) is 24.3 Å². The van der Waals surface area contributed by atoms with Crippen LogP contribution in [0.1, 0.15) is 43.0 Å². The van der Waals surface area contributed by atoms with Gasteiger partial charge in [-0.2, -0.15) is 5.26 Å². The van der Waals surface area contributed by atoms with Gasteiger partial charge in [-0.05, 0) is 65.4 Å². The van der Waals surface area contributed by atoms with Gasteiger partial charge in [0.15, 0.2) is 5.82 Å². The molecule has 1 aliphatic carbocycles. The summed E-state index contributed by atoms with van der Waals surface area (Å²) >= 11 is 0. The lowest BCUT2D eigenvalue weighted by Crippen LogP contribution is -2.43. The molecule has 2 amide bonds. The number of rotatable bonds is 7. The van der Waals surface area contributed by atoms with Gasteiger partial charge in [0.1, 0.15) is 16.4 Å². The van der Waals surface area contributed by atoms with E-state index in [1.165, 1.54) is 23.3 Å². The molecular weight excluding hydrogens is 636 g/mol. The Kier molecular flexibility index (Phi) is 7.21. The summed E-state index contributed by atoms with van der Waals surface area (Å²) in [6.07, 6.45) is 2.69. The first-order valence-corrected chi connectivity index (χ1v) is 17.6. The lowest BCUT2D eigenvalue weighted by Gasteiger charge is -2.39. The molecular formula is C36H31F2N5O4S. The summed E-state index contributed by atoms with van der Waals surface area (Å²) in [6, 6.07) is 15.0. The molecule has 4 fully saturated rings. The molecule has 3 aliphatic heterocycles. The molecule has 2 aromatic heterocycles. The van der Waals surface area contributed by atoms with Crippen LogP contribution in [0.2, 0.25) is 0 Å². The Morgan fingerprint density at radius 2 is 1.98 bits per heavy atom. The van der Waals surface area contributed by atoms with Gasteiger partial charge in [0, 0.05) is 60.1 Å². The molecule has 4 aliphatic rings. The number of benzene rings is 3. The zero-order chi connectivity index (χ0) is 33.4. The Bertz CT molecular complexity index is 2280. The molecule has 4 atom stereocenters. The highest BCUT2D eigenvalue weighted by atomic mass is 32.2. The van der Waals surface area contributed by atoms with Crippen molar-refractivity contribution in [2.24, 2.45) is 5.92 Å². The fourth-order valence-electron chi connectivity index (χ4n) is 8.24. The molecule has 3 aromatic carbocycles. The first-order chi connectivity index (χ1) is 23.2. The minimum atomic E-state index is -1.64. The van der Waals surface area contributed by atoms with Gasteiger partial charge >= 0.3 is 6.09 Å². The van der Waals surface area contributed by atoms with E-state index in [1.807, 2.05) is 18.2 Å². The fourth-order valence-corrected chi connectivity index (χ4v) is 8.93. The Balaban J connectivity index is 1.45. The van der Waals surface area contributed by atoms with Crippen LogP contribution >= 0.6 is 0 Å². The second-order valence-electron chi connectivity index (χ2n) is 13.0. The topological polar surface area (TPSA) is 120 Å². The van der Waals surface area contributed by atoms with E-state index in [-0.39, 0.29) is 59.4 Å². The van der Waals surface area contributed by atoms with Crippen LogP contribution in [0.5, 0.6) is 0 Å². The van der Waals surface area contributed by atoms with Crippen molar-refractivity contribution < 1.29 is 27.7 Å². The highest BCUT2D eigenvalue weighted by Crippen LogP contribution is 2.52. The number of pyridine rings is 1. The number of carbonyl (C=O) groups is 2. The molecule has 1 N–H and O–H groups in total. The number of hydrogen-bond donors (Lipinski definition) is 1. The summed E-state index contributed by atoms with van der Waals surface area (Å²) in [6.45, 7) is 1.23. The molecule has 0 radical (unpaired) electrons. The number of aryl methyl sites for hydroxylation is 1. The van der Waals surface area contributed by atoms with Gasteiger partial charge in [0.2, 0.25) is 5.91 Å². The van der Waals surface area contributed by atoms with Crippen molar-refractivity contribution >= 4 is 55.4 Å². The van der Waals surface area contributed by atoms with Crippen LogP contribution in [0.25, 0.3) is 43.7 Å². The van der Waals surface area contributed by atoms with Crippen molar-refractivity contribution in [3.05, 3.63) is 71.4 Å². The number of carboxylic acid groups (broad SMARTS) is 1. The Labute approximate surface area is 276 Å². The van der Waals surface area contributed by atoms with E-state index in [2.05, 4.69) is 10.6 Å². The van der Waals surface area contributed by atoms with E-state index in [0.717, 1.165) is 17.5 Å². The van der Waals surface area contributed by atoms with Crippen LogP contribution in [0, 0.1) is 28.9 Å². The number of nitriles is 1. The van der Waals surface area contributed by atoms with Crippen LogP contribution in [-0.2, 0) is 28.6 Å². The maximum atomic E-state index is 17.3. The number of hydrogen-bond acceptors (Lipinski definition) is 5. The number of likely N-dealkylation sites (tertiary alicyclic amines) is 1. The summed E-state index contributed by atoms with van der Waals surface area (Å²) < 4.78 is 47.2. The number of amides is 2. The minimum Gasteiger partial charge on any atom is -0.465 e. The molecule has 1 saturated carbocycles. The first kappa shape index (κ1) is 30.4. The normalized spacial score (nSPS) is 21.0. The molecule has 0 spiro atoms. The van der Waals surface area contributed by atoms with Gasteiger partial charge < -0.3 is 19.5 Å². The van der Waals surface area contributed by atoms with Gasteiger partial charge in [-0.3, -0.25) is 9.00 Å². The molecule has 12 heteroatoms. The predicted octanol–water partition coefficient (Wildman–Crippen LogP) is 6.53. The fraction of sp³-hybridized carbons (Fsp3) is 0.333. The third-order valence-corrected chi connectivity index (χ3v) is 11.2. The lowest BCUT2D eigenvalue weighted by atomic mass is 9.79. The van der Waals surface area contributed by atoms with Crippen LogP contribution in [0.15, 0.2) is 53.6 Å². The molecule has 9 nitrogen and oxygen atoms in total. The molecule has 5 aromatic rings. The predicted molar refractivity (Wildman–Crippen MR) is 177 cm³/mol. The second-order valence-corrected chi connectivity index (χ2v) is 14.3. The van der Waals surface area contributed by atoms with Crippen molar-refractivity contribution in [1.82, 2.24) is 19.4 Å². The SMILES string of the molecule is CS(=O)c1nc2c(F)c(-c3cccc4ccc(F)cc34)c(CCC#N)cc2c2c1cc(CN1CCCC1=O)n2[C@H]1[C@@H]2C[C@H]1N(C(=O)O)C2. The number of fused-ring (bicyclic) bond motifs is 5. The molecule has 5 heterocycles. The second kappa shape index (κ2) is 11.4. The van der Waals surface area contributed by atoms with Gasteiger partial charge in [0.05, 0.1) is 41.0 Å². The molecule has 244 valence electrons. The van der Waals surface area contributed by atoms with E-state index in [9.17, 15) is 28.6 Å². The highest BCUT2D eigenvalue weighted by molar-refractivity contribution is 7.84. The van der Waals surface area contributed by atoms with Crippen molar-refractivity contribution in [3.63, 3.8) is 0 Å². The summed E-state index contributed by atoms with van der Waals surface area (Å²) in [5, 5.41) is 22.0. The van der Waals surface area contributed by atoms with Gasteiger partial charge in [0.25, 0.3) is 0 Å². The summed E-state index contributed by atoms with van der Waals surface area (Å²) in [7, 11) is -1.64. The number of nitrogens with zero attached hydrogens (tertiary/aromatic N) is 5. The van der Waals surface area contributed by atoms with Crippen LogP contribution in [-0.4, -0.2) is 66.1 Å². The summed E-state index contributed by atoms with van der Waals surface area (Å²) in [4.78, 5) is 32.9. The quantitative estimate of drug-likeness (QED) is 0.211. The maximum Gasteiger partial charge on any atom is 0.407 e. The van der Waals surface area contributed by atoms with E-state index in [1.54, 1.807) is 23.1 Å². The highest BCUT2D eigenvalue weighted by Gasteiger charge is 2.55. The van der Waals surface area contributed by atoms with Crippen molar-refractivity contribution in [3.8, 4) is 17.2 Å². The Morgan fingerprint density at radius 1 is 1.15 bits per heavy atom.